The fourth-order valence-electron chi connectivity index (χ4n) is 5.32. The Morgan fingerprint density at radius 2 is 1.71 bits per heavy atom. The number of hydrogen-bond acceptors (Lipinski definition) is 6. The van der Waals surface area contributed by atoms with Crippen LogP contribution in [0.15, 0.2) is 71.3 Å². The SMILES string of the molecule is CCN(CC)C1OC1c1ccc(N(c2cccc(OC)c2)C2CCN(Cc3ccco3)CC2)cc1. The molecule has 2 saturated heterocycles. The molecule has 0 amide bonds. The molecule has 186 valence electrons. The first-order valence-electron chi connectivity index (χ1n) is 12.9. The molecule has 6 heteroatoms. The van der Waals surface area contributed by atoms with Gasteiger partial charge in [-0.25, -0.2) is 0 Å². The van der Waals surface area contributed by atoms with Crippen molar-refractivity contribution in [3.8, 4) is 5.75 Å². The van der Waals surface area contributed by atoms with Gasteiger partial charge in [-0.05, 0) is 67.9 Å². The number of anilines is 2. The molecule has 1 aromatic heterocycles. The summed E-state index contributed by atoms with van der Waals surface area (Å²) in [4.78, 5) is 7.35. The van der Waals surface area contributed by atoms with Gasteiger partial charge >= 0.3 is 0 Å². The zero-order valence-corrected chi connectivity index (χ0v) is 21.1. The number of likely N-dealkylation sites (tertiary alicyclic amines) is 1. The summed E-state index contributed by atoms with van der Waals surface area (Å²) in [6.45, 7) is 9.38. The van der Waals surface area contributed by atoms with E-state index in [2.05, 4.69) is 77.1 Å². The molecule has 0 radical (unpaired) electrons. The third kappa shape index (κ3) is 5.40. The van der Waals surface area contributed by atoms with Crippen LogP contribution in [0.5, 0.6) is 5.75 Å². The number of epoxide rings is 1. The highest BCUT2D eigenvalue weighted by atomic mass is 16.6. The molecule has 0 aliphatic carbocycles. The minimum Gasteiger partial charge on any atom is -0.497 e. The first kappa shape index (κ1) is 23.9. The van der Waals surface area contributed by atoms with Crippen LogP contribution in [0.1, 0.15) is 44.1 Å². The zero-order chi connectivity index (χ0) is 24.2. The number of hydrogen-bond donors (Lipinski definition) is 0. The lowest BCUT2D eigenvalue weighted by molar-refractivity contribution is 0.191. The Morgan fingerprint density at radius 3 is 2.37 bits per heavy atom. The summed E-state index contributed by atoms with van der Waals surface area (Å²) in [6, 6.07) is 21.8. The summed E-state index contributed by atoms with van der Waals surface area (Å²) >= 11 is 0. The van der Waals surface area contributed by atoms with Crippen LogP contribution in [0.4, 0.5) is 11.4 Å². The quantitative estimate of drug-likeness (QED) is 0.344. The molecule has 3 heterocycles. The molecule has 2 unspecified atom stereocenters. The Kier molecular flexibility index (Phi) is 7.42. The Hall–Kier alpha value is -2.80. The van der Waals surface area contributed by atoms with Gasteiger partial charge in [-0.2, -0.15) is 0 Å². The number of likely N-dealkylation sites (N-methyl/N-ethyl adjacent to an activating group) is 1. The molecule has 6 nitrogen and oxygen atoms in total. The minimum absolute atomic E-state index is 0.180. The van der Waals surface area contributed by atoms with Gasteiger partial charge in [-0.1, -0.05) is 32.0 Å². The van der Waals surface area contributed by atoms with Crippen molar-refractivity contribution in [2.45, 2.75) is 51.6 Å². The average molecular weight is 476 g/mol. The van der Waals surface area contributed by atoms with Crippen LogP contribution in [0, 0.1) is 0 Å². The summed E-state index contributed by atoms with van der Waals surface area (Å²) < 4.78 is 17.1. The van der Waals surface area contributed by atoms with E-state index in [0.717, 1.165) is 57.1 Å². The molecule has 2 fully saturated rings. The highest BCUT2D eigenvalue weighted by molar-refractivity contribution is 5.66. The normalized spacial score (nSPS) is 20.8. The first-order valence-corrected chi connectivity index (χ1v) is 12.9. The molecule has 2 atom stereocenters. The second-order valence-corrected chi connectivity index (χ2v) is 9.42. The molecular weight excluding hydrogens is 438 g/mol. The molecule has 0 bridgehead atoms. The molecule has 2 aliphatic heterocycles. The minimum atomic E-state index is 0.180. The number of ether oxygens (including phenoxy) is 2. The van der Waals surface area contributed by atoms with E-state index in [9.17, 15) is 0 Å². The van der Waals surface area contributed by atoms with E-state index >= 15 is 0 Å². The summed E-state index contributed by atoms with van der Waals surface area (Å²) in [5, 5.41) is 0. The van der Waals surface area contributed by atoms with E-state index in [-0.39, 0.29) is 12.3 Å². The molecule has 35 heavy (non-hydrogen) atoms. The third-order valence-corrected chi connectivity index (χ3v) is 7.35. The lowest BCUT2D eigenvalue weighted by Gasteiger charge is -2.40. The topological polar surface area (TPSA) is 44.6 Å². The molecular formula is C29H37N3O3. The van der Waals surface area contributed by atoms with Gasteiger partial charge in [0.2, 0.25) is 0 Å². The van der Waals surface area contributed by atoms with E-state index in [1.807, 2.05) is 12.1 Å². The van der Waals surface area contributed by atoms with Crippen LogP contribution in [0.3, 0.4) is 0 Å². The number of rotatable bonds is 10. The second-order valence-electron chi connectivity index (χ2n) is 9.42. The predicted molar refractivity (Wildman–Crippen MR) is 139 cm³/mol. The van der Waals surface area contributed by atoms with Crippen LogP contribution in [-0.4, -0.2) is 55.4 Å². The van der Waals surface area contributed by atoms with Gasteiger partial charge < -0.3 is 18.8 Å². The molecule has 0 saturated carbocycles. The summed E-state index contributed by atoms with van der Waals surface area (Å²) in [7, 11) is 1.73. The van der Waals surface area contributed by atoms with Crippen molar-refractivity contribution in [3.63, 3.8) is 0 Å². The molecule has 2 aromatic carbocycles. The zero-order valence-electron chi connectivity index (χ0n) is 21.1. The average Bonchev–Trinajstić information content (AvgIpc) is 3.52. The summed E-state index contributed by atoms with van der Waals surface area (Å²) in [6.07, 6.45) is 4.33. The lowest BCUT2D eigenvalue weighted by atomic mass is 10.00. The van der Waals surface area contributed by atoms with Crippen LogP contribution in [0.2, 0.25) is 0 Å². The van der Waals surface area contributed by atoms with Crippen molar-refractivity contribution in [1.29, 1.82) is 0 Å². The molecule has 3 aromatic rings. The van der Waals surface area contributed by atoms with Gasteiger partial charge in [0, 0.05) is 36.6 Å². The van der Waals surface area contributed by atoms with Crippen LogP contribution < -0.4 is 9.64 Å². The standard InChI is InChI=1S/C29H37N3O3/c1-4-31(5-2)29-28(35-29)22-11-13-23(14-12-22)32(25-8-6-9-26(20-25)33-3)24-15-17-30(18-16-24)21-27-10-7-19-34-27/h6-14,19-20,24,28-29H,4-5,15-18,21H2,1-3H3. The van der Waals surface area contributed by atoms with E-state index in [1.165, 1.54) is 16.9 Å². The maximum absolute atomic E-state index is 6.02. The number of nitrogens with zero attached hydrogens (tertiary/aromatic N) is 3. The number of benzene rings is 2. The number of methoxy groups -OCH3 is 1. The van der Waals surface area contributed by atoms with Crippen molar-refractivity contribution in [2.75, 3.05) is 38.2 Å². The van der Waals surface area contributed by atoms with Gasteiger partial charge in [-0.15, -0.1) is 0 Å². The highest BCUT2D eigenvalue weighted by Crippen LogP contribution is 2.42. The van der Waals surface area contributed by atoms with Gasteiger partial charge in [-0.3, -0.25) is 9.80 Å². The number of piperidine rings is 1. The van der Waals surface area contributed by atoms with Crippen molar-refractivity contribution >= 4 is 11.4 Å². The van der Waals surface area contributed by atoms with Crippen LogP contribution >= 0.6 is 0 Å². The molecule has 5 rings (SSSR count). The van der Waals surface area contributed by atoms with E-state index in [4.69, 9.17) is 13.9 Å². The smallest absolute Gasteiger partial charge is 0.142 e. The Morgan fingerprint density at radius 1 is 0.943 bits per heavy atom. The number of furan rings is 1. The predicted octanol–water partition coefficient (Wildman–Crippen LogP) is 5.83. The van der Waals surface area contributed by atoms with E-state index in [0.29, 0.717) is 6.04 Å². The summed E-state index contributed by atoms with van der Waals surface area (Å²) in [5.74, 6) is 1.92. The van der Waals surface area contributed by atoms with Gasteiger partial charge in [0.05, 0.1) is 19.9 Å². The van der Waals surface area contributed by atoms with E-state index < -0.39 is 0 Å². The van der Waals surface area contributed by atoms with Gasteiger partial charge in [0.15, 0.2) is 0 Å². The first-order chi connectivity index (χ1) is 17.2. The highest BCUT2D eigenvalue weighted by Gasteiger charge is 2.43. The Balaban J connectivity index is 1.33. The maximum atomic E-state index is 6.02. The Labute approximate surface area is 209 Å². The lowest BCUT2D eigenvalue weighted by Crippen LogP contribution is -2.42. The fraction of sp³-hybridized carbons (Fsp3) is 0.448. The van der Waals surface area contributed by atoms with Crippen molar-refractivity contribution < 1.29 is 13.9 Å². The molecule has 2 aliphatic rings. The van der Waals surface area contributed by atoms with E-state index in [1.54, 1.807) is 13.4 Å². The van der Waals surface area contributed by atoms with Crippen molar-refractivity contribution in [3.05, 3.63) is 78.3 Å². The van der Waals surface area contributed by atoms with Gasteiger partial charge in [0.1, 0.15) is 23.8 Å². The second kappa shape index (κ2) is 10.9. The fourth-order valence-corrected chi connectivity index (χ4v) is 5.32. The monoisotopic (exact) mass is 475 g/mol. The van der Waals surface area contributed by atoms with Crippen LogP contribution in [-0.2, 0) is 11.3 Å². The van der Waals surface area contributed by atoms with Crippen molar-refractivity contribution in [2.24, 2.45) is 0 Å². The largest absolute Gasteiger partial charge is 0.497 e. The maximum Gasteiger partial charge on any atom is 0.142 e. The molecule has 0 N–H and O–H groups in total. The van der Waals surface area contributed by atoms with Crippen LogP contribution in [0.25, 0.3) is 0 Å². The Bertz CT molecular complexity index is 1060. The van der Waals surface area contributed by atoms with Crippen molar-refractivity contribution in [1.82, 2.24) is 9.80 Å². The molecule has 0 spiro atoms. The third-order valence-electron chi connectivity index (χ3n) is 7.35. The van der Waals surface area contributed by atoms with Gasteiger partial charge in [0.25, 0.3) is 0 Å². The summed E-state index contributed by atoms with van der Waals surface area (Å²) in [5.41, 5.74) is 3.64.